The molecule has 1 spiro atoms. The third-order valence-corrected chi connectivity index (χ3v) is 7.34. The van der Waals surface area contributed by atoms with Crippen LogP contribution in [0.5, 0.6) is 0 Å². The van der Waals surface area contributed by atoms with Crippen LogP contribution in [0.15, 0.2) is 0 Å². The van der Waals surface area contributed by atoms with E-state index in [1.807, 2.05) is 0 Å². The van der Waals surface area contributed by atoms with Crippen LogP contribution >= 0.6 is 0 Å². The number of hydrogen-bond acceptors (Lipinski definition) is 5. The first kappa shape index (κ1) is 14.9. The molecular weight excluding hydrogens is 284 g/mol. The van der Waals surface area contributed by atoms with Gasteiger partial charge in [-0.15, -0.1) is 0 Å². The predicted octanol–water partition coefficient (Wildman–Crippen LogP) is 1.66. The number of aliphatic hydroxyl groups is 1. The van der Waals surface area contributed by atoms with E-state index < -0.39 is 0 Å². The molecule has 0 amide bonds. The van der Waals surface area contributed by atoms with E-state index in [9.17, 15) is 9.90 Å². The largest absolute Gasteiger partial charge is 0.462 e. The third-order valence-electron chi connectivity index (χ3n) is 7.34. The Morgan fingerprint density at radius 3 is 2.64 bits per heavy atom. The lowest BCUT2D eigenvalue weighted by Gasteiger charge is -2.59. The molecule has 2 saturated carbocycles. The molecule has 2 bridgehead atoms. The summed E-state index contributed by atoms with van der Waals surface area (Å²) < 4.78 is 18.1. The van der Waals surface area contributed by atoms with Crippen LogP contribution in [-0.4, -0.2) is 48.2 Å². The molecule has 2 saturated heterocycles. The molecule has 5 nitrogen and oxygen atoms in total. The normalized spacial score (nSPS) is 55.8. The van der Waals surface area contributed by atoms with Gasteiger partial charge in [-0.3, -0.25) is 4.79 Å². The Balaban J connectivity index is 1.73. The summed E-state index contributed by atoms with van der Waals surface area (Å²) in [6.45, 7) is 6.93. The molecule has 5 heteroatoms. The summed E-state index contributed by atoms with van der Waals surface area (Å²) in [5, 5.41) is 9.51. The number of carbonyl (C=O) groups excluding carboxylic acids is 1. The molecule has 0 aromatic carbocycles. The zero-order chi connectivity index (χ0) is 15.8. The minimum atomic E-state index is -0.273. The van der Waals surface area contributed by atoms with Gasteiger partial charge in [-0.25, -0.2) is 0 Å². The molecule has 4 aliphatic rings. The molecule has 124 valence electrons. The summed E-state index contributed by atoms with van der Waals surface area (Å²) in [6, 6.07) is 0. The first-order valence-corrected chi connectivity index (χ1v) is 8.45. The van der Waals surface area contributed by atoms with Crippen molar-refractivity contribution in [1.82, 2.24) is 0 Å². The fraction of sp³-hybridized carbons (Fsp3) is 0.941. The topological polar surface area (TPSA) is 68.3 Å². The molecule has 0 aromatic rings. The van der Waals surface area contributed by atoms with Crippen molar-refractivity contribution in [3.8, 4) is 0 Å². The van der Waals surface area contributed by atoms with Gasteiger partial charge in [0.2, 0.25) is 0 Å². The number of hydrogen-bond donors (Lipinski definition) is 1. The average molecular weight is 310 g/mol. The molecule has 22 heavy (non-hydrogen) atoms. The number of ether oxygens (including phenoxy) is 3. The van der Waals surface area contributed by atoms with Gasteiger partial charge in [0, 0.05) is 30.8 Å². The summed E-state index contributed by atoms with van der Waals surface area (Å²) in [5.41, 5.74) is -0.563. The molecule has 4 rings (SSSR count). The van der Waals surface area contributed by atoms with E-state index >= 15 is 0 Å². The minimum Gasteiger partial charge on any atom is -0.462 e. The number of epoxide rings is 1. The van der Waals surface area contributed by atoms with Crippen LogP contribution in [0.25, 0.3) is 0 Å². The Kier molecular flexibility index (Phi) is 3.02. The summed E-state index contributed by atoms with van der Waals surface area (Å²) in [4.78, 5) is 11.6. The molecule has 2 aliphatic carbocycles. The van der Waals surface area contributed by atoms with Crippen molar-refractivity contribution in [3.05, 3.63) is 0 Å². The minimum absolute atomic E-state index is 0.0115. The van der Waals surface area contributed by atoms with Gasteiger partial charge >= 0.3 is 5.97 Å². The second kappa shape index (κ2) is 4.46. The highest BCUT2D eigenvalue weighted by atomic mass is 16.6. The maximum Gasteiger partial charge on any atom is 0.302 e. The molecule has 0 aromatic heterocycles. The number of fused-ring (bicyclic) bond motifs is 2. The van der Waals surface area contributed by atoms with Crippen molar-refractivity contribution in [2.45, 2.75) is 70.4 Å². The smallest absolute Gasteiger partial charge is 0.302 e. The predicted molar refractivity (Wildman–Crippen MR) is 78.2 cm³/mol. The molecule has 7 atom stereocenters. The van der Waals surface area contributed by atoms with Gasteiger partial charge in [0.15, 0.2) is 0 Å². The van der Waals surface area contributed by atoms with Gasteiger partial charge in [-0.05, 0) is 25.2 Å². The van der Waals surface area contributed by atoms with E-state index in [1.54, 1.807) is 0 Å². The summed E-state index contributed by atoms with van der Waals surface area (Å²) >= 11 is 0. The number of rotatable bonds is 2. The summed E-state index contributed by atoms with van der Waals surface area (Å²) in [5.74, 6) is 0.0983. The average Bonchev–Trinajstić information content (AvgIpc) is 3.23. The monoisotopic (exact) mass is 310 g/mol. The second-order valence-corrected chi connectivity index (χ2v) is 8.07. The van der Waals surface area contributed by atoms with Crippen LogP contribution in [0.4, 0.5) is 0 Å². The van der Waals surface area contributed by atoms with Crippen molar-refractivity contribution in [2.75, 3.05) is 13.2 Å². The highest BCUT2D eigenvalue weighted by Gasteiger charge is 2.81. The van der Waals surface area contributed by atoms with Crippen LogP contribution in [0.2, 0.25) is 0 Å². The summed E-state index contributed by atoms with van der Waals surface area (Å²) in [7, 11) is 0. The van der Waals surface area contributed by atoms with Gasteiger partial charge in [-0.1, -0.05) is 13.8 Å². The van der Waals surface area contributed by atoms with Crippen LogP contribution in [-0.2, 0) is 19.0 Å². The Hall–Kier alpha value is -0.650. The van der Waals surface area contributed by atoms with Crippen molar-refractivity contribution in [2.24, 2.45) is 16.7 Å². The molecule has 2 heterocycles. The van der Waals surface area contributed by atoms with Gasteiger partial charge in [-0.2, -0.15) is 0 Å². The fourth-order valence-electron chi connectivity index (χ4n) is 5.68. The molecule has 0 unspecified atom stereocenters. The Morgan fingerprint density at radius 2 is 2.05 bits per heavy atom. The highest BCUT2D eigenvalue weighted by Crippen LogP contribution is 2.72. The van der Waals surface area contributed by atoms with E-state index in [1.165, 1.54) is 6.92 Å². The van der Waals surface area contributed by atoms with Gasteiger partial charge < -0.3 is 19.3 Å². The molecule has 4 fully saturated rings. The van der Waals surface area contributed by atoms with Crippen LogP contribution in [0.3, 0.4) is 0 Å². The third kappa shape index (κ3) is 1.57. The van der Waals surface area contributed by atoms with Crippen molar-refractivity contribution in [3.63, 3.8) is 0 Å². The number of aliphatic hydroxyl groups excluding tert-OH is 1. The van der Waals surface area contributed by atoms with E-state index in [0.29, 0.717) is 12.5 Å². The fourth-order valence-corrected chi connectivity index (χ4v) is 5.68. The molecule has 2 aliphatic heterocycles. The Morgan fingerprint density at radius 1 is 1.32 bits per heavy atom. The van der Waals surface area contributed by atoms with Crippen LogP contribution < -0.4 is 0 Å². The molecular formula is C17H26O5. The van der Waals surface area contributed by atoms with Crippen molar-refractivity contribution < 1.29 is 24.1 Å². The maximum absolute atomic E-state index is 11.6. The summed E-state index contributed by atoms with van der Waals surface area (Å²) in [6.07, 6.45) is 3.58. The number of carbonyl (C=O) groups is 1. The first-order valence-electron chi connectivity index (χ1n) is 8.45. The van der Waals surface area contributed by atoms with E-state index in [4.69, 9.17) is 14.2 Å². The van der Waals surface area contributed by atoms with Crippen LogP contribution in [0.1, 0.15) is 46.5 Å². The van der Waals surface area contributed by atoms with E-state index in [-0.39, 0.29) is 47.3 Å². The second-order valence-electron chi connectivity index (χ2n) is 8.07. The van der Waals surface area contributed by atoms with E-state index in [2.05, 4.69) is 13.8 Å². The zero-order valence-corrected chi connectivity index (χ0v) is 13.6. The van der Waals surface area contributed by atoms with Gasteiger partial charge in [0.05, 0.1) is 18.8 Å². The maximum atomic E-state index is 11.6. The highest BCUT2D eigenvalue weighted by molar-refractivity contribution is 5.66. The first-order chi connectivity index (χ1) is 10.4. The van der Waals surface area contributed by atoms with Crippen LogP contribution in [0, 0.1) is 16.7 Å². The number of esters is 1. The quantitative estimate of drug-likeness (QED) is 0.620. The van der Waals surface area contributed by atoms with E-state index in [0.717, 1.165) is 25.7 Å². The standard InChI is InChI=1S/C17H26O5/c1-10(19)21-13-7-14-17(9-20-17)16(13,3)15(2)5-4-11(8-18)6-12(15)22-14/h11-14,18H,4-9H2,1-3H3/t11-,12-,13-,14-,15+,16-,17+/m1/s1. The molecule has 0 radical (unpaired) electrons. The van der Waals surface area contributed by atoms with Crippen molar-refractivity contribution in [1.29, 1.82) is 0 Å². The van der Waals surface area contributed by atoms with Crippen molar-refractivity contribution >= 4 is 5.97 Å². The Labute approximate surface area is 131 Å². The Bertz CT molecular complexity index is 501. The molecule has 1 N–H and O–H groups in total. The van der Waals surface area contributed by atoms with Gasteiger partial charge in [0.1, 0.15) is 11.7 Å². The zero-order valence-electron chi connectivity index (χ0n) is 13.6. The lowest BCUT2D eigenvalue weighted by molar-refractivity contribution is -0.237. The lowest BCUT2D eigenvalue weighted by atomic mass is 9.50. The SMILES string of the molecule is CC(=O)O[C@@H]1C[C@H]2O[C@@H]3C[C@H](CO)CC[C@]3(C)[C@]1(C)[C@]21CO1. The lowest BCUT2D eigenvalue weighted by Crippen LogP contribution is -2.65. The van der Waals surface area contributed by atoms with Gasteiger partial charge in [0.25, 0.3) is 0 Å².